The summed E-state index contributed by atoms with van der Waals surface area (Å²) in [6, 6.07) is 0. The van der Waals surface area contributed by atoms with E-state index in [1.165, 1.54) is 0 Å². The quantitative estimate of drug-likeness (QED) is 0.824. The lowest BCUT2D eigenvalue weighted by Crippen LogP contribution is -2.54. The van der Waals surface area contributed by atoms with E-state index in [2.05, 4.69) is 0 Å². The summed E-state index contributed by atoms with van der Waals surface area (Å²) >= 11 is 0. The van der Waals surface area contributed by atoms with Gasteiger partial charge in [-0.3, -0.25) is 9.69 Å². The van der Waals surface area contributed by atoms with Crippen LogP contribution in [0.2, 0.25) is 0 Å². The number of rotatable bonds is 5. The molecule has 1 rings (SSSR count). The highest BCUT2D eigenvalue weighted by atomic mass is 19.3. The third kappa shape index (κ3) is 5.03. The van der Waals surface area contributed by atoms with Crippen LogP contribution >= 0.6 is 0 Å². The Kier molecular flexibility index (Phi) is 6.13. The monoisotopic (exact) mass is 277 g/mol. The minimum Gasteiger partial charge on any atom is -0.340 e. The molecule has 0 spiro atoms. The predicted octanol–water partition coefficient (Wildman–Crippen LogP) is 1.30. The number of hydrogen-bond donors (Lipinski definition) is 1. The van der Waals surface area contributed by atoms with Crippen molar-refractivity contribution in [3.05, 3.63) is 0 Å². The fourth-order valence-corrected chi connectivity index (χ4v) is 2.54. The Balaban J connectivity index is 2.54. The predicted molar refractivity (Wildman–Crippen MR) is 71.1 cm³/mol. The minimum absolute atomic E-state index is 0.0618. The second-order valence-electron chi connectivity index (χ2n) is 5.50. The molecule has 112 valence electrons. The summed E-state index contributed by atoms with van der Waals surface area (Å²) in [7, 11) is 0. The van der Waals surface area contributed by atoms with Crippen LogP contribution in [0.3, 0.4) is 0 Å². The molecule has 1 heterocycles. The molecule has 1 atom stereocenters. The Hall–Kier alpha value is -0.750. The standard InChI is InChI=1S/C13H25F2N3O/c1-3-5-13(2,16)12(19)18-7-4-6-17(8-9-18)10-11(14)15/h11H,3-10,16H2,1-2H3. The molecule has 1 aliphatic heterocycles. The fraction of sp³-hybridized carbons (Fsp3) is 0.923. The number of amides is 1. The first-order chi connectivity index (χ1) is 8.86. The van der Waals surface area contributed by atoms with E-state index in [0.717, 1.165) is 12.8 Å². The lowest BCUT2D eigenvalue weighted by molar-refractivity contribution is -0.136. The van der Waals surface area contributed by atoms with Gasteiger partial charge in [0.05, 0.1) is 12.1 Å². The van der Waals surface area contributed by atoms with Crippen molar-refractivity contribution < 1.29 is 13.6 Å². The van der Waals surface area contributed by atoms with Crippen LogP contribution in [-0.4, -0.2) is 60.4 Å². The SMILES string of the molecule is CCCC(C)(N)C(=O)N1CCCN(CC(F)F)CC1. The van der Waals surface area contributed by atoms with Gasteiger partial charge in [-0.2, -0.15) is 0 Å². The van der Waals surface area contributed by atoms with Gasteiger partial charge in [-0.05, 0) is 19.8 Å². The topological polar surface area (TPSA) is 49.6 Å². The van der Waals surface area contributed by atoms with E-state index < -0.39 is 12.0 Å². The number of hydrogen-bond acceptors (Lipinski definition) is 3. The summed E-state index contributed by atoms with van der Waals surface area (Å²) < 4.78 is 24.7. The summed E-state index contributed by atoms with van der Waals surface area (Å²) in [4.78, 5) is 15.8. The van der Waals surface area contributed by atoms with Crippen molar-refractivity contribution in [1.29, 1.82) is 0 Å². The van der Waals surface area contributed by atoms with Crippen LogP contribution in [0.25, 0.3) is 0 Å². The van der Waals surface area contributed by atoms with Crippen molar-refractivity contribution in [3.63, 3.8) is 0 Å². The van der Waals surface area contributed by atoms with E-state index in [1.54, 1.807) is 16.7 Å². The molecule has 1 unspecified atom stereocenters. The first-order valence-corrected chi connectivity index (χ1v) is 6.95. The van der Waals surface area contributed by atoms with Gasteiger partial charge in [0.15, 0.2) is 0 Å². The molecular weight excluding hydrogens is 252 g/mol. The largest absolute Gasteiger partial charge is 0.340 e. The number of halogens is 2. The molecule has 6 heteroatoms. The van der Waals surface area contributed by atoms with Crippen molar-refractivity contribution >= 4 is 5.91 Å². The average Bonchev–Trinajstić information content (AvgIpc) is 2.53. The maximum atomic E-state index is 12.4. The Labute approximate surface area is 113 Å². The maximum absolute atomic E-state index is 12.4. The first-order valence-electron chi connectivity index (χ1n) is 6.95. The second-order valence-corrected chi connectivity index (χ2v) is 5.50. The molecule has 4 nitrogen and oxygen atoms in total. The molecule has 0 bridgehead atoms. The molecule has 0 aromatic carbocycles. The summed E-state index contributed by atoms with van der Waals surface area (Å²) in [5.41, 5.74) is 5.20. The molecule has 1 amide bonds. The lowest BCUT2D eigenvalue weighted by Gasteiger charge is -2.31. The van der Waals surface area contributed by atoms with E-state index in [9.17, 15) is 13.6 Å². The van der Waals surface area contributed by atoms with E-state index in [4.69, 9.17) is 5.73 Å². The zero-order valence-electron chi connectivity index (χ0n) is 11.9. The summed E-state index contributed by atoms with van der Waals surface area (Å²) in [5.74, 6) is -0.0618. The Morgan fingerprint density at radius 3 is 2.58 bits per heavy atom. The van der Waals surface area contributed by atoms with Gasteiger partial charge in [0.1, 0.15) is 0 Å². The molecule has 2 N–H and O–H groups in total. The van der Waals surface area contributed by atoms with Crippen LogP contribution in [0.15, 0.2) is 0 Å². The number of nitrogens with two attached hydrogens (primary N) is 1. The van der Waals surface area contributed by atoms with E-state index in [-0.39, 0.29) is 12.5 Å². The van der Waals surface area contributed by atoms with Crippen LogP contribution in [0.1, 0.15) is 33.1 Å². The van der Waals surface area contributed by atoms with Crippen LogP contribution in [0.4, 0.5) is 8.78 Å². The second kappa shape index (κ2) is 7.14. The highest BCUT2D eigenvalue weighted by Crippen LogP contribution is 2.15. The van der Waals surface area contributed by atoms with E-state index in [1.807, 2.05) is 6.92 Å². The number of nitrogens with zero attached hydrogens (tertiary/aromatic N) is 2. The number of carbonyl (C=O) groups excluding carboxylic acids is 1. The molecular formula is C13H25F2N3O. The Morgan fingerprint density at radius 1 is 1.32 bits per heavy atom. The summed E-state index contributed by atoms with van der Waals surface area (Å²) in [6.07, 6.45) is -0.101. The van der Waals surface area contributed by atoms with Crippen molar-refractivity contribution in [3.8, 4) is 0 Å². The lowest BCUT2D eigenvalue weighted by atomic mass is 9.95. The Morgan fingerprint density at radius 2 is 2.00 bits per heavy atom. The highest BCUT2D eigenvalue weighted by molar-refractivity contribution is 5.85. The average molecular weight is 277 g/mol. The van der Waals surface area contributed by atoms with Gasteiger partial charge in [-0.1, -0.05) is 13.3 Å². The van der Waals surface area contributed by atoms with Crippen LogP contribution in [0.5, 0.6) is 0 Å². The highest BCUT2D eigenvalue weighted by Gasteiger charge is 2.32. The van der Waals surface area contributed by atoms with Gasteiger partial charge < -0.3 is 10.6 Å². The molecule has 1 aliphatic rings. The summed E-state index contributed by atoms with van der Waals surface area (Å²) in [6.45, 7) is 5.74. The molecule has 1 fully saturated rings. The minimum atomic E-state index is -2.32. The van der Waals surface area contributed by atoms with Gasteiger partial charge in [-0.15, -0.1) is 0 Å². The van der Waals surface area contributed by atoms with Crippen LogP contribution in [-0.2, 0) is 4.79 Å². The molecule has 19 heavy (non-hydrogen) atoms. The Bertz CT molecular complexity index is 298. The van der Waals surface area contributed by atoms with E-state index in [0.29, 0.717) is 32.6 Å². The normalized spacial score (nSPS) is 21.3. The molecule has 1 saturated heterocycles. The molecule has 0 radical (unpaired) electrons. The molecule has 0 aliphatic carbocycles. The molecule has 0 aromatic rings. The van der Waals surface area contributed by atoms with Crippen molar-refractivity contribution in [1.82, 2.24) is 9.80 Å². The van der Waals surface area contributed by atoms with Gasteiger partial charge in [0.2, 0.25) is 5.91 Å². The number of carbonyl (C=O) groups is 1. The van der Waals surface area contributed by atoms with Crippen molar-refractivity contribution in [2.45, 2.75) is 45.1 Å². The van der Waals surface area contributed by atoms with E-state index >= 15 is 0 Å². The van der Waals surface area contributed by atoms with Crippen LogP contribution in [0, 0.1) is 0 Å². The van der Waals surface area contributed by atoms with Crippen LogP contribution < -0.4 is 5.73 Å². The fourth-order valence-electron chi connectivity index (χ4n) is 2.54. The van der Waals surface area contributed by atoms with Gasteiger partial charge in [0.25, 0.3) is 6.43 Å². The van der Waals surface area contributed by atoms with Crippen molar-refractivity contribution in [2.24, 2.45) is 5.73 Å². The smallest absolute Gasteiger partial charge is 0.251 e. The third-order valence-corrected chi connectivity index (χ3v) is 3.53. The van der Waals surface area contributed by atoms with Gasteiger partial charge >= 0.3 is 0 Å². The molecule has 0 aromatic heterocycles. The zero-order valence-corrected chi connectivity index (χ0v) is 11.9. The third-order valence-electron chi connectivity index (χ3n) is 3.53. The van der Waals surface area contributed by atoms with Gasteiger partial charge in [-0.25, -0.2) is 8.78 Å². The molecule has 0 saturated carbocycles. The van der Waals surface area contributed by atoms with Crippen molar-refractivity contribution in [2.75, 3.05) is 32.7 Å². The zero-order chi connectivity index (χ0) is 14.5. The maximum Gasteiger partial charge on any atom is 0.251 e. The first kappa shape index (κ1) is 16.3. The summed E-state index contributed by atoms with van der Waals surface area (Å²) in [5, 5.41) is 0. The van der Waals surface area contributed by atoms with Gasteiger partial charge in [0, 0.05) is 26.2 Å². The number of alkyl halides is 2.